The molecule has 0 amide bonds. The van der Waals surface area contributed by atoms with Crippen molar-refractivity contribution < 1.29 is 62.3 Å². The topological polar surface area (TPSA) is 137 Å². The van der Waals surface area contributed by atoms with E-state index in [9.17, 15) is 32.8 Å². The molecule has 0 atom stereocenters. The van der Waals surface area contributed by atoms with Gasteiger partial charge in [0.2, 0.25) is 0 Å². The van der Waals surface area contributed by atoms with Crippen molar-refractivity contribution in [2.45, 2.75) is 4.90 Å². The van der Waals surface area contributed by atoms with Crippen molar-refractivity contribution in [3.63, 3.8) is 0 Å². The van der Waals surface area contributed by atoms with Crippen molar-refractivity contribution in [1.29, 1.82) is 0 Å². The molecule has 9 heteroatoms. The summed E-state index contributed by atoms with van der Waals surface area (Å²) in [6, 6.07) is 1.76. The van der Waals surface area contributed by atoms with E-state index in [-0.39, 0.29) is 29.6 Å². The van der Waals surface area contributed by atoms with Gasteiger partial charge in [-0.25, -0.2) is 8.42 Å². The third kappa shape index (κ3) is 3.79. The molecule has 0 N–H and O–H groups in total. The quantitative estimate of drug-likeness (QED) is 0.392. The van der Waals surface area contributed by atoms with Gasteiger partial charge in [-0.05, 0) is 12.1 Å². The van der Waals surface area contributed by atoms with E-state index >= 15 is 0 Å². The first-order valence-corrected chi connectivity index (χ1v) is 5.17. The Morgan fingerprint density at radius 1 is 1.00 bits per heavy atom. The summed E-state index contributed by atoms with van der Waals surface area (Å²) in [5.74, 6) is -3.72. The predicted molar refractivity (Wildman–Crippen MR) is 43.1 cm³/mol. The van der Waals surface area contributed by atoms with Gasteiger partial charge in [0.05, 0.1) is 16.8 Å². The molecule has 0 heterocycles. The number of benzene rings is 1. The first-order valence-electron chi connectivity index (χ1n) is 3.76. The van der Waals surface area contributed by atoms with Crippen LogP contribution in [0, 0.1) is 0 Å². The molecule has 1 aromatic rings. The molecule has 0 fully saturated rings. The maximum atomic E-state index is 10.6. The van der Waals surface area contributed by atoms with E-state index in [1.165, 1.54) is 0 Å². The van der Waals surface area contributed by atoms with Gasteiger partial charge in [0, 0.05) is 11.1 Å². The van der Waals surface area contributed by atoms with Crippen LogP contribution in [0.25, 0.3) is 0 Å². The summed E-state index contributed by atoms with van der Waals surface area (Å²) in [5.41, 5.74) is -1.68. The summed E-state index contributed by atoms with van der Waals surface area (Å²) >= 11 is 0. The van der Waals surface area contributed by atoms with E-state index in [4.69, 9.17) is 0 Å². The van der Waals surface area contributed by atoms with Gasteiger partial charge in [-0.2, -0.15) is 0 Å². The molecule has 86 valence electrons. The molecule has 1 aromatic carbocycles. The number of aromatic carboxylic acids is 2. The Hall–Kier alpha value is -0.930. The predicted octanol–water partition coefficient (Wildman–Crippen LogP) is -5.68. The van der Waals surface area contributed by atoms with E-state index in [1.54, 1.807) is 0 Å². The Morgan fingerprint density at radius 2 is 1.47 bits per heavy atom. The maximum Gasteiger partial charge on any atom is 1.00 e. The number of hydrogen-bond donors (Lipinski definition) is 0. The van der Waals surface area contributed by atoms with Crippen LogP contribution in [-0.4, -0.2) is 24.9 Å². The third-order valence-corrected chi connectivity index (χ3v) is 2.55. The largest absolute Gasteiger partial charge is 1.00 e. The number of hydrogen-bond acceptors (Lipinski definition) is 7. The Kier molecular flexibility index (Phi) is 5.30. The fraction of sp³-hybridized carbons (Fsp3) is 0. The summed E-state index contributed by atoms with van der Waals surface area (Å²) in [6.45, 7) is 0. The van der Waals surface area contributed by atoms with E-state index < -0.39 is 38.1 Å². The molecule has 0 radical (unpaired) electrons. The monoisotopic (exact) mass is 266 g/mol. The van der Waals surface area contributed by atoms with Crippen molar-refractivity contribution in [3.8, 4) is 0 Å². The van der Waals surface area contributed by atoms with Crippen molar-refractivity contribution in [3.05, 3.63) is 29.3 Å². The summed E-state index contributed by atoms with van der Waals surface area (Å²) in [6.07, 6.45) is 0. The zero-order valence-electron chi connectivity index (χ0n) is 8.50. The van der Waals surface area contributed by atoms with Crippen molar-refractivity contribution in [2.24, 2.45) is 0 Å². The van der Waals surface area contributed by atoms with E-state index in [0.717, 1.165) is 0 Å². The van der Waals surface area contributed by atoms with Crippen molar-refractivity contribution >= 4 is 22.1 Å². The Morgan fingerprint density at radius 3 is 1.82 bits per heavy atom. The second kappa shape index (κ2) is 5.61. The Bertz CT molecular complexity index is 563. The summed E-state index contributed by atoms with van der Waals surface area (Å²) < 4.78 is 31.7. The number of carbonyl (C=O) groups excluding carboxylic acids is 2. The first-order chi connectivity index (χ1) is 7.23. The molecule has 0 aromatic heterocycles. The minimum absolute atomic E-state index is 0. The molecule has 0 spiro atoms. The van der Waals surface area contributed by atoms with E-state index in [1.807, 2.05) is 0 Å². The van der Waals surface area contributed by atoms with Gasteiger partial charge < -0.3 is 24.4 Å². The average molecular weight is 266 g/mol. The van der Waals surface area contributed by atoms with Crippen LogP contribution in [0.1, 0.15) is 20.7 Å². The van der Waals surface area contributed by atoms with Crippen LogP contribution in [0.5, 0.6) is 0 Å². The first kappa shape index (κ1) is 16.1. The van der Waals surface area contributed by atoms with Gasteiger partial charge in [-0.3, -0.25) is 0 Å². The van der Waals surface area contributed by atoms with Crippen molar-refractivity contribution in [2.75, 3.05) is 0 Å². The molecule has 0 bridgehead atoms. The molecule has 0 aliphatic carbocycles. The number of carbonyl (C=O) groups is 2. The standard InChI is InChI=1S/C8H6O7S.Na/c9-7(10)5-2-1-4(16(13,14)15)3-6(5)8(11)12;/h1-3H,(H,9,10)(H,11,12)(H,13,14,15);/q;+1/p-3. The second-order valence-electron chi connectivity index (χ2n) is 2.74. The molecule has 1 rings (SSSR count). The molecule has 0 unspecified atom stereocenters. The summed E-state index contributed by atoms with van der Waals surface area (Å²) in [4.78, 5) is 20.1. The fourth-order valence-electron chi connectivity index (χ4n) is 1.03. The molecule has 17 heavy (non-hydrogen) atoms. The van der Waals surface area contributed by atoms with Crippen LogP contribution in [0.15, 0.2) is 23.1 Å². The van der Waals surface area contributed by atoms with E-state index in [2.05, 4.69) is 0 Å². The molecule has 7 nitrogen and oxygen atoms in total. The molecule has 0 aliphatic heterocycles. The van der Waals surface area contributed by atoms with Gasteiger partial charge in [0.1, 0.15) is 10.1 Å². The smallest absolute Gasteiger partial charge is 0.744 e. The molecular weight excluding hydrogens is 263 g/mol. The van der Waals surface area contributed by atoms with E-state index in [0.29, 0.717) is 18.2 Å². The number of carboxylic acids is 2. The Balaban J connectivity index is 0.00000256. The number of rotatable bonds is 3. The normalized spacial score (nSPS) is 10.4. The van der Waals surface area contributed by atoms with Gasteiger partial charge in [-0.1, -0.05) is 6.07 Å². The van der Waals surface area contributed by atoms with Gasteiger partial charge >= 0.3 is 29.6 Å². The SMILES string of the molecule is O=C([O-])c1ccc(S(=O)(=O)[O-])cc1C(=O)[O-].[Na+]. The van der Waals surface area contributed by atoms with Crippen molar-refractivity contribution in [1.82, 2.24) is 0 Å². The summed E-state index contributed by atoms with van der Waals surface area (Å²) in [7, 11) is -4.86. The van der Waals surface area contributed by atoms with Crippen LogP contribution in [-0.2, 0) is 10.1 Å². The Labute approximate surface area is 118 Å². The van der Waals surface area contributed by atoms with Gasteiger partial charge in [0.15, 0.2) is 0 Å². The summed E-state index contributed by atoms with van der Waals surface area (Å²) in [5, 5.41) is 21.0. The third-order valence-electron chi connectivity index (χ3n) is 1.72. The zero-order chi connectivity index (χ0) is 12.5. The zero-order valence-corrected chi connectivity index (χ0v) is 11.3. The maximum absolute atomic E-state index is 10.6. The molecular formula is C8H3NaO7S-2. The number of carboxylic acid groups (broad SMARTS) is 2. The second-order valence-corrected chi connectivity index (χ2v) is 4.12. The molecule has 0 saturated carbocycles. The molecule has 0 aliphatic rings. The van der Waals surface area contributed by atoms with Crippen LogP contribution >= 0.6 is 0 Å². The fourth-order valence-corrected chi connectivity index (χ4v) is 1.52. The van der Waals surface area contributed by atoms with Crippen LogP contribution in [0.3, 0.4) is 0 Å². The average Bonchev–Trinajstić information content (AvgIpc) is 2.15. The van der Waals surface area contributed by atoms with Crippen LogP contribution in [0.2, 0.25) is 0 Å². The minimum Gasteiger partial charge on any atom is -0.744 e. The van der Waals surface area contributed by atoms with Crippen LogP contribution < -0.4 is 39.8 Å². The van der Waals surface area contributed by atoms with Gasteiger partial charge in [-0.15, -0.1) is 0 Å². The van der Waals surface area contributed by atoms with Gasteiger partial charge in [0.25, 0.3) is 0 Å². The van der Waals surface area contributed by atoms with Crippen LogP contribution in [0.4, 0.5) is 0 Å². The minimum atomic E-state index is -4.86. The molecule has 0 saturated heterocycles.